The lowest BCUT2D eigenvalue weighted by Gasteiger charge is -2.33. The second-order valence-corrected chi connectivity index (χ2v) is 9.61. The first-order chi connectivity index (χ1) is 11.9. The van der Waals surface area contributed by atoms with Crippen molar-refractivity contribution in [2.75, 3.05) is 26.2 Å². The minimum Gasteiger partial charge on any atom is -0.314 e. The Morgan fingerprint density at radius 2 is 2.04 bits per heavy atom. The van der Waals surface area contributed by atoms with Gasteiger partial charge in [0.15, 0.2) is 0 Å². The van der Waals surface area contributed by atoms with Gasteiger partial charge in [0.05, 0.1) is 11.9 Å². The Hall–Kier alpha value is -1.24. The highest BCUT2D eigenvalue weighted by Crippen LogP contribution is 2.41. The molecule has 0 bridgehead atoms. The molecule has 1 saturated heterocycles. The van der Waals surface area contributed by atoms with Gasteiger partial charge in [-0.05, 0) is 36.2 Å². The zero-order valence-corrected chi connectivity index (χ0v) is 16.3. The lowest BCUT2D eigenvalue weighted by molar-refractivity contribution is 0.218. The first-order valence-electron chi connectivity index (χ1n) is 9.38. The molecule has 4 rings (SSSR count). The highest BCUT2D eigenvalue weighted by molar-refractivity contribution is 7.18. The van der Waals surface area contributed by atoms with Crippen LogP contribution in [0.15, 0.2) is 4.79 Å². The minimum atomic E-state index is 0.0573. The summed E-state index contributed by atoms with van der Waals surface area (Å²) in [5, 5.41) is 4.22. The molecular weight excluding hydrogens is 332 g/mol. The van der Waals surface area contributed by atoms with Crippen molar-refractivity contribution < 1.29 is 0 Å². The number of rotatable bonds is 2. The summed E-state index contributed by atoms with van der Waals surface area (Å²) in [4.78, 5) is 25.3. The predicted molar refractivity (Wildman–Crippen MR) is 103 cm³/mol. The second-order valence-electron chi connectivity index (χ2n) is 8.53. The van der Waals surface area contributed by atoms with E-state index in [2.05, 4.69) is 36.0 Å². The SMILES string of the molecule is CC(C)(C)[C@H]1CCc2c(sc3nc(CN4CCNCC4)[nH]c(=O)c23)C1. The molecule has 6 heteroatoms. The molecule has 0 amide bonds. The van der Waals surface area contributed by atoms with Gasteiger partial charge in [-0.1, -0.05) is 20.8 Å². The van der Waals surface area contributed by atoms with E-state index in [1.54, 1.807) is 11.3 Å². The van der Waals surface area contributed by atoms with Gasteiger partial charge in [0, 0.05) is 31.1 Å². The van der Waals surface area contributed by atoms with Crippen LogP contribution in [0.5, 0.6) is 0 Å². The van der Waals surface area contributed by atoms with Gasteiger partial charge >= 0.3 is 0 Å². The fraction of sp³-hybridized carbons (Fsp3) is 0.684. The predicted octanol–water partition coefficient (Wildman–Crippen LogP) is 2.54. The maximum absolute atomic E-state index is 12.7. The molecule has 2 aromatic rings. The third-order valence-corrected chi connectivity index (χ3v) is 6.92. The van der Waals surface area contributed by atoms with E-state index in [0.29, 0.717) is 11.3 Å². The lowest BCUT2D eigenvalue weighted by Crippen LogP contribution is -2.43. The molecule has 0 unspecified atom stereocenters. The maximum atomic E-state index is 12.7. The number of thiophene rings is 1. The van der Waals surface area contributed by atoms with Crippen molar-refractivity contribution in [3.05, 3.63) is 26.6 Å². The van der Waals surface area contributed by atoms with Gasteiger partial charge in [-0.25, -0.2) is 4.98 Å². The lowest BCUT2D eigenvalue weighted by atomic mass is 9.72. The van der Waals surface area contributed by atoms with E-state index < -0.39 is 0 Å². The van der Waals surface area contributed by atoms with E-state index in [1.165, 1.54) is 16.9 Å². The van der Waals surface area contributed by atoms with Crippen LogP contribution in [0.3, 0.4) is 0 Å². The normalized spacial score (nSPS) is 22.3. The molecule has 0 aromatic carbocycles. The van der Waals surface area contributed by atoms with Crippen LogP contribution >= 0.6 is 11.3 Å². The summed E-state index contributed by atoms with van der Waals surface area (Å²) >= 11 is 1.75. The number of aromatic amines is 1. The monoisotopic (exact) mass is 360 g/mol. The molecule has 3 heterocycles. The number of piperazine rings is 1. The van der Waals surface area contributed by atoms with Gasteiger partial charge in [0.25, 0.3) is 5.56 Å². The summed E-state index contributed by atoms with van der Waals surface area (Å²) in [6, 6.07) is 0. The third-order valence-electron chi connectivity index (χ3n) is 5.78. The van der Waals surface area contributed by atoms with E-state index in [4.69, 9.17) is 4.98 Å². The minimum absolute atomic E-state index is 0.0573. The number of aryl methyl sites for hydroxylation is 1. The largest absolute Gasteiger partial charge is 0.314 e. The molecule has 1 atom stereocenters. The number of fused-ring (bicyclic) bond motifs is 3. The molecule has 0 spiro atoms. The highest BCUT2D eigenvalue weighted by atomic mass is 32.1. The van der Waals surface area contributed by atoms with Gasteiger partial charge in [0.2, 0.25) is 0 Å². The van der Waals surface area contributed by atoms with Crippen molar-refractivity contribution in [3.63, 3.8) is 0 Å². The Balaban J connectivity index is 1.65. The van der Waals surface area contributed by atoms with E-state index in [9.17, 15) is 4.79 Å². The molecule has 0 saturated carbocycles. The van der Waals surface area contributed by atoms with Crippen molar-refractivity contribution in [3.8, 4) is 0 Å². The molecule has 1 fully saturated rings. The van der Waals surface area contributed by atoms with Crippen molar-refractivity contribution in [1.29, 1.82) is 0 Å². The van der Waals surface area contributed by atoms with Crippen LogP contribution in [0.1, 0.15) is 43.5 Å². The zero-order valence-electron chi connectivity index (χ0n) is 15.4. The molecule has 25 heavy (non-hydrogen) atoms. The fourth-order valence-electron chi connectivity index (χ4n) is 4.12. The van der Waals surface area contributed by atoms with Gasteiger partial charge in [0.1, 0.15) is 10.7 Å². The van der Waals surface area contributed by atoms with Crippen LogP contribution in [0.2, 0.25) is 0 Å². The Morgan fingerprint density at radius 1 is 1.28 bits per heavy atom. The summed E-state index contributed by atoms with van der Waals surface area (Å²) in [6.07, 6.45) is 3.27. The Bertz CT molecular complexity index is 826. The quantitative estimate of drug-likeness (QED) is 0.864. The molecule has 0 radical (unpaired) electrons. The van der Waals surface area contributed by atoms with Crippen molar-refractivity contribution in [2.24, 2.45) is 11.3 Å². The fourth-order valence-corrected chi connectivity index (χ4v) is 5.44. The van der Waals surface area contributed by atoms with E-state index in [-0.39, 0.29) is 5.56 Å². The van der Waals surface area contributed by atoms with E-state index >= 15 is 0 Å². The molecular formula is C19H28N4OS. The van der Waals surface area contributed by atoms with Gasteiger partial charge < -0.3 is 10.3 Å². The zero-order chi connectivity index (χ0) is 17.6. The summed E-state index contributed by atoms with van der Waals surface area (Å²) < 4.78 is 0. The van der Waals surface area contributed by atoms with Crippen LogP contribution in [-0.4, -0.2) is 41.0 Å². The van der Waals surface area contributed by atoms with Crippen LogP contribution in [0.25, 0.3) is 10.2 Å². The average Bonchev–Trinajstić information content (AvgIpc) is 2.92. The molecule has 2 aromatic heterocycles. The molecule has 2 N–H and O–H groups in total. The number of hydrogen-bond acceptors (Lipinski definition) is 5. The van der Waals surface area contributed by atoms with Gasteiger partial charge in [-0.3, -0.25) is 9.69 Å². The van der Waals surface area contributed by atoms with E-state index in [1.807, 2.05) is 0 Å². The number of H-pyrrole nitrogens is 1. The third kappa shape index (κ3) is 3.39. The summed E-state index contributed by atoms with van der Waals surface area (Å²) in [5.74, 6) is 1.50. The Kier molecular flexibility index (Phi) is 4.46. The van der Waals surface area contributed by atoms with Crippen molar-refractivity contribution in [1.82, 2.24) is 20.2 Å². The van der Waals surface area contributed by atoms with E-state index in [0.717, 1.165) is 61.6 Å². The first-order valence-corrected chi connectivity index (χ1v) is 10.2. The first kappa shape index (κ1) is 17.2. The number of aromatic nitrogens is 2. The molecule has 136 valence electrons. The topological polar surface area (TPSA) is 61.0 Å². The van der Waals surface area contributed by atoms with Crippen molar-refractivity contribution >= 4 is 21.6 Å². The van der Waals surface area contributed by atoms with Gasteiger partial charge in [-0.15, -0.1) is 11.3 Å². The molecule has 2 aliphatic rings. The summed E-state index contributed by atoms with van der Waals surface area (Å²) in [5.41, 5.74) is 1.64. The number of hydrogen-bond donors (Lipinski definition) is 2. The highest BCUT2D eigenvalue weighted by Gasteiger charge is 2.31. The molecule has 5 nitrogen and oxygen atoms in total. The second kappa shape index (κ2) is 6.49. The van der Waals surface area contributed by atoms with Crippen LogP contribution < -0.4 is 10.9 Å². The number of nitrogens with one attached hydrogen (secondary N) is 2. The van der Waals surface area contributed by atoms with Gasteiger partial charge in [-0.2, -0.15) is 0 Å². The average molecular weight is 361 g/mol. The number of nitrogens with zero attached hydrogens (tertiary/aromatic N) is 2. The van der Waals surface area contributed by atoms with Crippen LogP contribution in [0, 0.1) is 11.3 Å². The standard InChI is InChI=1S/C19H28N4OS/c1-19(2,3)12-4-5-13-14(10-12)25-18-16(13)17(24)21-15(22-18)11-23-8-6-20-7-9-23/h12,20H,4-11H2,1-3H3,(H,21,22,24)/t12-/m0/s1. The molecule has 1 aliphatic carbocycles. The molecule has 1 aliphatic heterocycles. The summed E-state index contributed by atoms with van der Waals surface area (Å²) in [7, 11) is 0. The summed E-state index contributed by atoms with van der Waals surface area (Å²) in [6.45, 7) is 11.7. The van der Waals surface area contributed by atoms with Crippen LogP contribution in [-0.2, 0) is 19.4 Å². The van der Waals surface area contributed by atoms with Crippen molar-refractivity contribution in [2.45, 2.75) is 46.6 Å². The maximum Gasteiger partial charge on any atom is 0.259 e. The Morgan fingerprint density at radius 3 is 2.76 bits per heavy atom. The van der Waals surface area contributed by atoms with Crippen LogP contribution in [0.4, 0.5) is 0 Å². The Labute approximate surface area is 152 Å². The smallest absolute Gasteiger partial charge is 0.259 e.